The highest BCUT2D eigenvalue weighted by molar-refractivity contribution is 5.96. The Labute approximate surface area is 142 Å². The molecule has 0 bridgehead atoms. The van der Waals surface area contributed by atoms with E-state index in [9.17, 15) is 19.8 Å². The Morgan fingerprint density at radius 2 is 2.04 bits per heavy atom. The Kier molecular flexibility index (Phi) is 5.36. The lowest BCUT2D eigenvalue weighted by Gasteiger charge is -2.31. The molecular weight excluding hydrogens is 308 g/mol. The van der Waals surface area contributed by atoms with Crippen molar-refractivity contribution in [1.29, 1.82) is 0 Å². The first kappa shape index (κ1) is 18.1. The summed E-state index contributed by atoms with van der Waals surface area (Å²) in [6.45, 7) is 8.03. The number of carbonyl (C=O) groups is 2. The topological polar surface area (TPSA) is 81.1 Å². The van der Waals surface area contributed by atoms with Crippen LogP contribution in [0.1, 0.15) is 43.1 Å². The fraction of sp³-hybridized carbons (Fsp3) is 0.556. The van der Waals surface area contributed by atoms with Crippen molar-refractivity contribution in [3.05, 3.63) is 29.3 Å². The average Bonchev–Trinajstić information content (AvgIpc) is 2.47. The Morgan fingerprint density at radius 1 is 1.33 bits per heavy atom. The molecule has 1 aromatic rings. The van der Waals surface area contributed by atoms with Crippen LogP contribution < -0.4 is 0 Å². The molecule has 1 aliphatic heterocycles. The molecule has 132 valence electrons. The summed E-state index contributed by atoms with van der Waals surface area (Å²) in [5, 5.41) is 18.8. The van der Waals surface area contributed by atoms with Crippen LogP contribution in [0.4, 0.5) is 4.79 Å². The van der Waals surface area contributed by atoms with Crippen molar-refractivity contribution in [3.8, 4) is 5.75 Å². The lowest BCUT2D eigenvalue weighted by atomic mass is 9.96. The molecule has 0 saturated carbocycles. The van der Waals surface area contributed by atoms with Crippen LogP contribution in [-0.4, -0.2) is 58.2 Å². The van der Waals surface area contributed by atoms with Crippen molar-refractivity contribution in [2.75, 3.05) is 26.2 Å². The molecule has 0 atom stereocenters. The van der Waals surface area contributed by atoms with Gasteiger partial charge in [-0.2, -0.15) is 0 Å². The SMILES string of the molecule is CC(C)(C)CN(CCCN1CCc2cc(O)ccc2C1=O)C(=O)O. The third kappa shape index (κ3) is 4.63. The number of amides is 2. The lowest BCUT2D eigenvalue weighted by molar-refractivity contribution is 0.0728. The van der Waals surface area contributed by atoms with Crippen molar-refractivity contribution in [2.24, 2.45) is 5.41 Å². The first-order chi connectivity index (χ1) is 11.2. The molecule has 1 aromatic carbocycles. The number of nitrogens with zero attached hydrogens (tertiary/aromatic N) is 2. The molecule has 0 unspecified atom stereocenters. The quantitative estimate of drug-likeness (QED) is 0.867. The van der Waals surface area contributed by atoms with Gasteiger partial charge in [0.2, 0.25) is 0 Å². The van der Waals surface area contributed by atoms with Crippen molar-refractivity contribution in [1.82, 2.24) is 9.80 Å². The van der Waals surface area contributed by atoms with Gasteiger partial charge >= 0.3 is 6.09 Å². The molecular formula is C18H26N2O4. The highest BCUT2D eigenvalue weighted by atomic mass is 16.4. The number of phenols is 1. The van der Waals surface area contributed by atoms with Gasteiger partial charge < -0.3 is 20.0 Å². The fourth-order valence-corrected chi connectivity index (χ4v) is 3.00. The van der Waals surface area contributed by atoms with Gasteiger partial charge in [0.1, 0.15) is 5.75 Å². The molecule has 0 spiro atoms. The van der Waals surface area contributed by atoms with Crippen molar-refractivity contribution in [3.63, 3.8) is 0 Å². The molecule has 0 saturated heterocycles. The summed E-state index contributed by atoms with van der Waals surface area (Å²) >= 11 is 0. The fourth-order valence-electron chi connectivity index (χ4n) is 3.00. The summed E-state index contributed by atoms with van der Waals surface area (Å²) in [6, 6.07) is 4.82. The predicted molar refractivity (Wildman–Crippen MR) is 91.4 cm³/mol. The minimum atomic E-state index is -0.921. The predicted octanol–water partition coefficient (Wildman–Crippen LogP) is 2.81. The maximum Gasteiger partial charge on any atom is 0.407 e. The largest absolute Gasteiger partial charge is 0.508 e. The summed E-state index contributed by atoms with van der Waals surface area (Å²) in [4.78, 5) is 27.0. The van der Waals surface area contributed by atoms with Crippen LogP contribution >= 0.6 is 0 Å². The first-order valence-corrected chi connectivity index (χ1v) is 8.26. The van der Waals surface area contributed by atoms with Crippen LogP contribution in [0.25, 0.3) is 0 Å². The molecule has 0 radical (unpaired) electrons. The highest BCUT2D eigenvalue weighted by Crippen LogP contribution is 2.23. The van der Waals surface area contributed by atoms with Gasteiger partial charge in [0.05, 0.1) is 0 Å². The Morgan fingerprint density at radius 3 is 2.67 bits per heavy atom. The summed E-state index contributed by atoms with van der Waals surface area (Å²) in [7, 11) is 0. The molecule has 2 rings (SSSR count). The van der Waals surface area contributed by atoms with E-state index >= 15 is 0 Å². The third-order valence-corrected chi connectivity index (χ3v) is 4.05. The zero-order valence-electron chi connectivity index (χ0n) is 14.6. The number of hydrogen-bond acceptors (Lipinski definition) is 3. The standard InChI is InChI=1S/C18H26N2O4/c1-18(2,3)12-20(17(23)24)9-4-8-19-10-7-13-11-14(21)5-6-15(13)16(19)22/h5-6,11,21H,4,7-10,12H2,1-3H3,(H,23,24). The molecule has 0 aromatic heterocycles. The second kappa shape index (κ2) is 7.11. The molecule has 2 N–H and O–H groups in total. The zero-order valence-corrected chi connectivity index (χ0v) is 14.6. The van der Waals surface area contributed by atoms with Gasteiger partial charge in [0.25, 0.3) is 5.91 Å². The minimum absolute atomic E-state index is 0.0473. The first-order valence-electron chi connectivity index (χ1n) is 8.26. The molecule has 0 aliphatic carbocycles. The third-order valence-electron chi connectivity index (χ3n) is 4.05. The van der Waals surface area contributed by atoms with Gasteiger partial charge in [-0.1, -0.05) is 20.8 Å². The van der Waals surface area contributed by atoms with E-state index in [-0.39, 0.29) is 17.1 Å². The second-order valence-corrected chi connectivity index (χ2v) is 7.50. The van der Waals surface area contributed by atoms with Gasteiger partial charge in [0, 0.05) is 31.7 Å². The second-order valence-electron chi connectivity index (χ2n) is 7.50. The number of fused-ring (bicyclic) bond motifs is 1. The summed E-state index contributed by atoms with van der Waals surface area (Å²) in [5.74, 6) is 0.128. The Balaban J connectivity index is 1.92. The number of benzene rings is 1. The van der Waals surface area contributed by atoms with E-state index in [1.54, 1.807) is 17.0 Å². The van der Waals surface area contributed by atoms with Crippen LogP contribution in [0, 0.1) is 5.41 Å². The van der Waals surface area contributed by atoms with Crippen molar-refractivity contribution in [2.45, 2.75) is 33.6 Å². The van der Waals surface area contributed by atoms with Crippen LogP contribution in [0.15, 0.2) is 18.2 Å². The van der Waals surface area contributed by atoms with E-state index in [4.69, 9.17) is 0 Å². The van der Waals surface area contributed by atoms with E-state index in [2.05, 4.69) is 0 Å². The van der Waals surface area contributed by atoms with Gasteiger partial charge in [0.15, 0.2) is 0 Å². The van der Waals surface area contributed by atoms with Gasteiger partial charge in [-0.05, 0) is 42.0 Å². The van der Waals surface area contributed by atoms with E-state index in [0.29, 0.717) is 44.6 Å². The molecule has 24 heavy (non-hydrogen) atoms. The summed E-state index contributed by atoms with van der Waals surface area (Å²) in [6.07, 6.45) is 0.400. The smallest absolute Gasteiger partial charge is 0.407 e. The number of rotatable bonds is 5. The maximum atomic E-state index is 12.5. The van der Waals surface area contributed by atoms with Crippen molar-refractivity contribution < 1.29 is 19.8 Å². The summed E-state index contributed by atoms with van der Waals surface area (Å²) < 4.78 is 0. The average molecular weight is 334 g/mol. The lowest BCUT2D eigenvalue weighted by Crippen LogP contribution is -2.41. The maximum absolute atomic E-state index is 12.5. The molecule has 2 amide bonds. The highest BCUT2D eigenvalue weighted by Gasteiger charge is 2.25. The van der Waals surface area contributed by atoms with Gasteiger partial charge in [-0.25, -0.2) is 4.79 Å². The van der Waals surface area contributed by atoms with Crippen LogP contribution in [0.2, 0.25) is 0 Å². The molecule has 0 fully saturated rings. The summed E-state index contributed by atoms with van der Waals surface area (Å²) in [5.41, 5.74) is 1.40. The molecule has 1 aliphatic rings. The number of phenolic OH excluding ortho intramolecular Hbond substituents is 1. The molecule has 6 nitrogen and oxygen atoms in total. The van der Waals surface area contributed by atoms with E-state index in [1.165, 1.54) is 11.0 Å². The van der Waals surface area contributed by atoms with Gasteiger partial charge in [-0.3, -0.25) is 4.79 Å². The zero-order chi connectivity index (χ0) is 17.9. The van der Waals surface area contributed by atoms with Crippen LogP contribution in [-0.2, 0) is 6.42 Å². The number of aromatic hydroxyl groups is 1. The Hall–Kier alpha value is -2.24. The molecule has 1 heterocycles. The van der Waals surface area contributed by atoms with E-state index in [1.807, 2.05) is 20.8 Å². The van der Waals surface area contributed by atoms with E-state index < -0.39 is 6.09 Å². The van der Waals surface area contributed by atoms with E-state index in [0.717, 1.165) is 5.56 Å². The normalized spacial score (nSPS) is 14.5. The van der Waals surface area contributed by atoms with Crippen molar-refractivity contribution >= 4 is 12.0 Å². The molecule has 6 heteroatoms. The van der Waals surface area contributed by atoms with Gasteiger partial charge in [-0.15, -0.1) is 0 Å². The number of hydrogen-bond donors (Lipinski definition) is 2. The number of carboxylic acid groups (broad SMARTS) is 1. The Bertz CT molecular complexity index is 622. The van der Waals surface area contributed by atoms with Crippen LogP contribution in [0.5, 0.6) is 5.75 Å². The number of carbonyl (C=O) groups excluding carboxylic acids is 1. The van der Waals surface area contributed by atoms with Crippen LogP contribution in [0.3, 0.4) is 0 Å². The minimum Gasteiger partial charge on any atom is -0.508 e. The monoisotopic (exact) mass is 334 g/mol.